The highest BCUT2D eigenvalue weighted by molar-refractivity contribution is 5.75. The van der Waals surface area contributed by atoms with Crippen molar-refractivity contribution in [2.45, 2.75) is 19.9 Å². The minimum atomic E-state index is -0.755. The first-order chi connectivity index (χ1) is 5.16. The number of rotatable bonds is 1. The van der Waals surface area contributed by atoms with Crippen molar-refractivity contribution >= 4 is 5.97 Å². The summed E-state index contributed by atoms with van der Waals surface area (Å²) >= 11 is 0. The largest absolute Gasteiger partial charge is 0.480 e. The molecule has 62 valence electrons. The summed E-state index contributed by atoms with van der Waals surface area (Å²) in [4.78, 5) is 10.6. The van der Waals surface area contributed by atoms with E-state index in [9.17, 15) is 4.79 Å². The predicted octanol–water partition coefficient (Wildman–Crippen LogP) is 0.625. The normalized spacial score (nSPS) is 34.5. The predicted molar refractivity (Wildman–Crippen MR) is 42.3 cm³/mol. The van der Waals surface area contributed by atoms with E-state index >= 15 is 0 Å². The molecule has 1 fully saturated rings. The van der Waals surface area contributed by atoms with Crippen LogP contribution >= 0.6 is 0 Å². The van der Waals surface area contributed by atoms with Crippen LogP contribution in [0.5, 0.6) is 0 Å². The third-order valence-corrected chi connectivity index (χ3v) is 2.25. The summed E-state index contributed by atoms with van der Waals surface area (Å²) in [7, 11) is 0. The molecule has 1 heterocycles. The van der Waals surface area contributed by atoms with Crippen molar-refractivity contribution in [2.24, 2.45) is 5.92 Å². The molecular formula is C8H13NO2. The summed E-state index contributed by atoms with van der Waals surface area (Å²) in [6.45, 7) is 4.60. The van der Waals surface area contributed by atoms with Crippen LogP contribution in [0.4, 0.5) is 0 Å². The van der Waals surface area contributed by atoms with Crippen molar-refractivity contribution in [3.05, 3.63) is 11.6 Å². The smallest absolute Gasteiger partial charge is 0.321 e. The molecule has 0 amide bonds. The van der Waals surface area contributed by atoms with Crippen LogP contribution in [0.1, 0.15) is 13.8 Å². The molecule has 0 aromatic rings. The highest BCUT2D eigenvalue weighted by Crippen LogP contribution is 2.20. The Balaban J connectivity index is 2.70. The average Bonchev–Trinajstić information content (AvgIpc) is 2.30. The lowest BCUT2D eigenvalue weighted by Gasteiger charge is -2.09. The van der Waals surface area contributed by atoms with Gasteiger partial charge in [0.1, 0.15) is 6.04 Å². The lowest BCUT2D eigenvalue weighted by atomic mass is 9.98. The monoisotopic (exact) mass is 155 g/mol. The molecule has 0 saturated carbocycles. The van der Waals surface area contributed by atoms with Crippen LogP contribution < -0.4 is 5.32 Å². The van der Waals surface area contributed by atoms with Gasteiger partial charge in [0.25, 0.3) is 0 Å². The van der Waals surface area contributed by atoms with Crippen LogP contribution in [0.25, 0.3) is 0 Å². The fourth-order valence-corrected chi connectivity index (χ4v) is 1.45. The summed E-state index contributed by atoms with van der Waals surface area (Å²) in [5.41, 5.74) is 1.19. The van der Waals surface area contributed by atoms with E-state index in [1.807, 2.05) is 19.9 Å². The molecule has 1 rings (SSSR count). The van der Waals surface area contributed by atoms with Crippen molar-refractivity contribution in [3.63, 3.8) is 0 Å². The Hall–Kier alpha value is -0.830. The van der Waals surface area contributed by atoms with E-state index < -0.39 is 5.97 Å². The van der Waals surface area contributed by atoms with Crippen molar-refractivity contribution < 1.29 is 9.90 Å². The molecule has 3 heteroatoms. The number of hydrogen-bond acceptors (Lipinski definition) is 2. The molecule has 0 aromatic carbocycles. The quantitative estimate of drug-likeness (QED) is 0.546. The first kappa shape index (κ1) is 8.27. The van der Waals surface area contributed by atoms with Gasteiger partial charge < -0.3 is 10.4 Å². The van der Waals surface area contributed by atoms with Gasteiger partial charge in [-0.15, -0.1) is 0 Å². The molecule has 0 spiro atoms. The van der Waals surface area contributed by atoms with Crippen LogP contribution in [-0.4, -0.2) is 23.7 Å². The summed E-state index contributed by atoms with van der Waals surface area (Å²) in [5, 5.41) is 11.6. The molecule has 1 saturated heterocycles. The first-order valence-electron chi connectivity index (χ1n) is 3.78. The van der Waals surface area contributed by atoms with Gasteiger partial charge in [0.15, 0.2) is 0 Å². The maximum Gasteiger partial charge on any atom is 0.321 e. The first-order valence-corrected chi connectivity index (χ1v) is 3.78. The highest BCUT2D eigenvalue weighted by atomic mass is 16.4. The fourth-order valence-electron chi connectivity index (χ4n) is 1.45. The van der Waals surface area contributed by atoms with E-state index in [4.69, 9.17) is 5.11 Å². The van der Waals surface area contributed by atoms with Gasteiger partial charge in [-0.25, -0.2) is 0 Å². The molecule has 3 nitrogen and oxygen atoms in total. The molecular weight excluding hydrogens is 142 g/mol. The number of carboxylic acid groups (broad SMARTS) is 1. The molecule has 0 aromatic heterocycles. The van der Waals surface area contributed by atoms with Gasteiger partial charge >= 0.3 is 5.97 Å². The van der Waals surface area contributed by atoms with Crippen LogP contribution in [-0.2, 0) is 4.79 Å². The van der Waals surface area contributed by atoms with Gasteiger partial charge in [-0.2, -0.15) is 0 Å². The number of carboxylic acids is 1. The summed E-state index contributed by atoms with van der Waals surface area (Å²) < 4.78 is 0. The number of nitrogens with one attached hydrogen (secondary N) is 1. The van der Waals surface area contributed by atoms with E-state index in [-0.39, 0.29) is 12.0 Å². The SMILES string of the molecule is C/C=C1/CNC(C(=O)O)C1C. The standard InChI is InChI=1S/C8H13NO2/c1-3-6-4-9-7(5(6)2)8(10)11/h3,5,7,9H,4H2,1-2H3,(H,10,11)/b6-3-. The summed E-state index contributed by atoms with van der Waals surface area (Å²) in [6, 6.07) is -0.388. The minimum Gasteiger partial charge on any atom is -0.480 e. The second-order valence-electron chi connectivity index (χ2n) is 2.85. The molecule has 0 bridgehead atoms. The maximum absolute atomic E-state index is 10.6. The molecule has 2 unspecified atom stereocenters. The molecule has 11 heavy (non-hydrogen) atoms. The Morgan fingerprint density at radius 1 is 1.82 bits per heavy atom. The Kier molecular flexibility index (Phi) is 2.29. The average molecular weight is 155 g/mol. The summed E-state index contributed by atoms with van der Waals surface area (Å²) in [5.74, 6) is -0.619. The van der Waals surface area contributed by atoms with Crippen LogP contribution in [0.3, 0.4) is 0 Å². The molecule has 0 radical (unpaired) electrons. The second-order valence-corrected chi connectivity index (χ2v) is 2.85. The van der Waals surface area contributed by atoms with E-state index in [1.54, 1.807) is 0 Å². The number of carbonyl (C=O) groups is 1. The highest BCUT2D eigenvalue weighted by Gasteiger charge is 2.31. The number of hydrogen-bond donors (Lipinski definition) is 2. The van der Waals surface area contributed by atoms with Gasteiger partial charge in [-0.3, -0.25) is 4.79 Å². The topological polar surface area (TPSA) is 49.3 Å². The lowest BCUT2D eigenvalue weighted by molar-refractivity contribution is -0.139. The third-order valence-electron chi connectivity index (χ3n) is 2.25. The zero-order valence-corrected chi connectivity index (χ0v) is 6.79. The zero-order chi connectivity index (χ0) is 8.43. The third kappa shape index (κ3) is 1.43. The molecule has 2 atom stereocenters. The van der Waals surface area contributed by atoms with Gasteiger partial charge in [-0.05, 0) is 6.92 Å². The van der Waals surface area contributed by atoms with Crippen molar-refractivity contribution in [1.82, 2.24) is 5.32 Å². The van der Waals surface area contributed by atoms with Crippen LogP contribution in [0.2, 0.25) is 0 Å². The van der Waals surface area contributed by atoms with E-state index in [0.29, 0.717) is 6.54 Å². The number of allylic oxidation sites excluding steroid dienone is 1. The van der Waals surface area contributed by atoms with E-state index in [2.05, 4.69) is 5.32 Å². The second kappa shape index (κ2) is 3.05. The molecule has 1 aliphatic heterocycles. The minimum absolute atomic E-state index is 0.137. The molecule has 1 aliphatic rings. The number of aliphatic carboxylic acids is 1. The molecule has 0 aliphatic carbocycles. The van der Waals surface area contributed by atoms with Gasteiger partial charge in [0.05, 0.1) is 0 Å². The Morgan fingerprint density at radius 2 is 2.45 bits per heavy atom. The van der Waals surface area contributed by atoms with Crippen LogP contribution in [0.15, 0.2) is 11.6 Å². The zero-order valence-electron chi connectivity index (χ0n) is 6.79. The van der Waals surface area contributed by atoms with Crippen molar-refractivity contribution in [1.29, 1.82) is 0 Å². The molecule has 2 N–H and O–H groups in total. The fraction of sp³-hybridized carbons (Fsp3) is 0.625. The van der Waals surface area contributed by atoms with Crippen LogP contribution in [0, 0.1) is 5.92 Å². The Bertz CT molecular complexity index is 198. The summed E-state index contributed by atoms with van der Waals surface area (Å²) in [6.07, 6.45) is 1.99. The van der Waals surface area contributed by atoms with Crippen molar-refractivity contribution in [2.75, 3.05) is 6.54 Å². The van der Waals surface area contributed by atoms with E-state index in [1.165, 1.54) is 5.57 Å². The Labute approximate surface area is 66.1 Å². The Morgan fingerprint density at radius 3 is 2.73 bits per heavy atom. The van der Waals surface area contributed by atoms with Gasteiger partial charge in [0.2, 0.25) is 0 Å². The van der Waals surface area contributed by atoms with Crippen molar-refractivity contribution in [3.8, 4) is 0 Å². The maximum atomic E-state index is 10.6. The lowest BCUT2D eigenvalue weighted by Crippen LogP contribution is -2.34. The van der Waals surface area contributed by atoms with Gasteiger partial charge in [0, 0.05) is 12.5 Å². The van der Waals surface area contributed by atoms with Gasteiger partial charge in [-0.1, -0.05) is 18.6 Å². The van der Waals surface area contributed by atoms with E-state index in [0.717, 1.165) is 0 Å².